The number of aromatic nitrogens is 2. The molecule has 1 aromatic carbocycles. The van der Waals surface area contributed by atoms with Gasteiger partial charge in [0.15, 0.2) is 11.2 Å². The lowest BCUT2D eigenvalue weighted by Crippen LogP contribution is -2.19. The van der Waals surface area contributed by atoms with Crippen LogP contribution in [-0.4, -0.2) is 21.8 Å². The number of oxazole rings is 1. The summed E-state index contributed by atoms with van der Waals surface area (Å²) in [5.41, 5.74) is 1.42. The highest BCUT2D eigenvalue weighted by Crippen LogP contribution is 2.26. The summed E-state index contributed by atoms with van der Waals surface area (Å²) >= 11 is 0. The number of fused-ring (bicyclic) bond motifs is 1. The number of pyridine rings is 1. The number of hydrogen-bond acceptors (Lipinski definition) is 5. The van der Waals surface area contributed by atoms with Crippen LogP contribution in [0.4, 0.5) is 0 Å². The molecular weight excluding hydrogens is 272 g/mol. The zero-order valence-corrected chi connectivity index (χ0v) is 11.4. The number of aliphatic hydroxyl groups is 1. The zero-order chi connectivity index (χ0) is 14.8. The molecular formula is C15H14N2O4. The lowest BCUT2D eigenvalue weighted by Gasteiger charge is -2.14. The van der Waals surface area contributed by atoms with Gasteiger partial charge >= 0.3 is 5.76 Å². The lowest BCUT2D eigenvalue weighted by molar-refractivity contribution is 0.151. The Labute approximate surface area is 120 Å². The highest BCUT2D eigenvalue weighted by Gasteiger charge is 2.18. The van der Waals surface area contributed by atoms with Crippen LogP contribution in [0.15, 0.2) is 51.8 Å². The van der Waals surface area contributed by atoms with Crippen LogP contribution in [0.3, 0.4) is 0 Å². The first-order valence-corrected chi connectivity index (χ1v) is 6.46. The molecule has 1 unspecified atom stereocenters. The van der Waals surface area contributed by atoms with Crippen molar-refractivity contribution in [1.82, 2.24) is 9.55 Å². The Bertz CT molecular complexity index is 822. The smallest absolute Gasteiger partial charge is 0.421 e. The van der Waals surface area contributed by atoms with Gasteiger partial charge in [-0.2, -0.15) is 0 Å². The second-order valence-electron chi connectivity index (χ2n) is 4.56. The first-order valence-electron chi connectivity index (χ1n) is 6.46. The number of aliphatic hydroxyl groups excluding tert-OH is 1. The van der Waals surface area contributed by atoms with E-state index in [1.165, 1.54) is 11.7 Å². The number of ether oxygens (including phenoxy) is 1. The first-order chi connectivity index (χ1) is 10.2. The van der Waals surface area contributed by atoms with Gasteiger partial charge in [0.2, 0.25) is 0 Å². The number of para-hydroxylation sites is 1. The first kappa shape index (κ1) is 13.4. The molecule has 0 saturated carbocycles. The van der Waals surface area contributed by atoms with Crippen molar-refractivity contribution < 1.29 is 14.3 Å². The lowest BCUT2D eigenvalue weighted by atomic mass is 10.1. The number of hydrogen-bond donors (Lipinski definition) is 1. The molecule has 0 bridgehead atoms. The molecule has 0 aliphatic heterocycles. The molecule has 6 heteroatoms. The Kier molecular flexibility index (Phi) is 3.45. The average molecular weight is 286 g/mol. The van der Waals surface area contributed by atoms with Gasteiger partial charge in [-0.1, -0.05) is 18.2 Å². The molecule has 0 aliphatic carbocycles. The minimum absolute atomic E-state index is 0.0449. The van der Waals surface area contributed by atoms with Gasteiger partial charge in [0.1, 0.15) is 11.9 Å². The van der Waals surface area contributed by atoms with Crippen molar-refractivity contribution in [2.75, 3.05) is 7.11 Å². The molecule has 1 N–H and O–H groups in total. The monoisotopic (exact) mass is 286 g/mol. The maximum Gasteiger partial charge on any atom is 0.421 e. The third-order valence-electron chi connectivity index (χ3n) is 3.28. The molecule has 0 amide bonds. The summed E-state index contributed by atoms with van der Waals surface area (Å²) in [6, 6.07) is 10.5. The Morgan fingerprint density at radius 1 is 1.33 bits per heavy atom. The van der Waals surface area contributed by atoms with Gasteiger partial charge in [-0.05, 0) is 18.2 Å². The van der Waals surface area contributed by atoms with Gasteiger partial charge in [0.05, 0.1) is 13.7 Å². The van der Waals surface area contributed by atoms with E-state index in [9.17, 15) is 9.90 Å². The normalized spacial score (nSPS) is 12.5. The summed E-state index contributed by atoms with van der Waals surface area (Å²) in [6.45, 7) is 0.0449. The fraction of sp³-hybridized carbons (Fsp3) is 0.200. The van der Waals surface area contributed by atoms with E-state index in [2.05, 4.69) is 4.98 Å². The van der Waals surface area contributed by atoms with Crippen molar-refractivity contribution >= 4 is 11.2 Å². The minimum Gasteiger partial charge on any atom is -0.496 e. The number of methoxy groups -OCH3 is 1. The highest BCUT2D eigenvalue weighted by atomic mass is 16.5. The topological polar surface area (TPSA) is 77.5 Å². The summed E-state index contributed by atoms with van der Waals surface area (Å²) in [4.78, 5) is 16.0. The number of nitrogens with zero attached hydrogens (tertiary/aromatic N) is 2. The fourth-order valence-electron chi connectivity index (χ4n) is 2.27. The van der Waals surface area contributed by atoms with Crippen LogP contribution in [-0.2, 0) is 6.54 Å². The summed E-state index contributed by atoms with van der Waals surface area (Å²) in [7, 11) is 1.53. The quantitative estimate of drug-likeness (QED) is 0.790. The highest BCUT2D eigenvalue weighted by molar-refractivity contribution is 5.67. The third kappa shape index (κ3) is 2.41. The molecule has 0 radical (unpaired) electrons. The maximum atomic E-state index is 11.9. The van der Waals surface area contributed by atoms with Crippen molar-refractivity contribution in [2.45, 2.75) is 12.6 Å². The van der Waals surface area contributed by atoms with Crippen molar-refractivity contribution in [3.63, 3.8) is 0 Å². The maximum absolute atomic E-state index is 11.9. The molecule has 3 aromatic rings. The zero-order valence-electron chi connectivity index (χ0n) is 11.4. The van der Waals surface area contributed by atoms with Crippen LogP contribution in [0.5, 0.6) is 5.75 Å². The van der Waals surface area contributed by atoms with Gasteiger partial charge in [0, 0.05) is 11.8 Å². The molecule has 21 heavy (non-hydrogen) atoms. The standard InChI is InChI=1S/C15H14N2O4/c1-20-12-6-3-2-5-10(12)11(18)9-17-14-13(21-15(17)19)7-4-8-16-14/h2-8,11,18H,9H2,1H3. The van der Waals surface area contributed by atoms with Crippen molar-refractivity contribution in [3.05, 3.63) is 58.7 Å². The Morgan fingerprint density at radius 3 is 2.95 bits per heavy atom. The molecule has 0 spiro atoms. The fourth-order valence-corrected chi connectivity index (χ4v) is 2.27. The predicted octanol–water partition coefficient (Wildman–Crippen LogP) is 1.73. The van der Waals surface area contributed by atoms with Crippen LogP contribution in [0.1, 0.15) is 11.7 Å². The summed E-state index contributed by atoms with van der Waals surface area (Å²) in [5, 5.41) is 10.4. The van der Waals surface area contributed by atoms with Crippen molar-refractivity contribution in [3.8, 4) is 5.75 Å². The van der Waals surface area contributed by atoms with E-state index >= 15 is 0 Å². The van der Waals surface area contributed by atoms with E-state index in [4.69, 9.17) is 9.15 Å². The summed E-state index contributed by atoms with van der Waals surface area (Å²) in [5.74, 6) is 0.0245. The van der Waals surface area contributed by atoms with E-state index in [0.29, 0.717) is 22.5 Å². The molecule has 0 fully saturated rings. The second-order valence-corrected chi connectivity index (χ2v) is 4.56. The Morgan fingerprint density at radius 2 is 2.14 bits per heavy atom. The van der Waals surface area contributed by atoms with E-state index in [1.807, 2.05) is 6.07 Å². The molecule has 6 nitrogen and oxygen atoms in total. The van der Waals surface area contributed by atoms with Crippen LogP contribution in [0.2, 0.25) is 0 Å². The van der Waals surface area contributed by atoms with Gasteiger partial charge in [0.25, 0.3) is 0 Å². The molecule has 0 aliphatic rings. The molecule has 108 valence electrons. The molecule has 3 rings (SSSR count). The van der Waals surface area contributed by atoms with Gasteiger partial charge in [-0.15, -0.1) is 0 Å². The predicted molar refractivity (Wildman–Crippen MR) is 76.2 cm³/mol. The molecule has 2 aromatic heterocycles. The summed E-state index contributed by atoms with van der Waals surface area (Å²) < 4.78 is 11.6. The average Bonchev–Trinajstić information content (AvgIpc) is 2.83. The van der Waals surface area contributed by atoms with Gasteiger partial charge < -0.3 is 14.3 Å². The molecule has 2 heterocycles. The molecule has 0 saturated heterocycles. The van der Waals surface area contributed by atoms with Crippen LogP contribution in [0, 0.1) is 0 Å². The van der Waals surface area contributed by atoms with E-state index in [-0.39, 0.29) is 6.54 Å². The Balaban J connectivity index is 1.98. The molecule has 1 atom stereocenters. The third-order valence-corrected chi connectivity index (χ3v) is 3.28. The van der Waals surface area contributed by atoms with E-state index in [1.54, 1.807) is 36.5 Å². The van der Waals surface area contributed by atoms with Crippen LogP contribution >= 0.6 is 0 Å². The number of benzene rings is 1. The summed E-state index contributed by atoms with van der Waals surface area (Å²) in [6.07, 6.45) is 0.671. The second kappa shape index (κ2) is 5.41. The number of rotatable bonds is 4. The largest absolute Gasteiger partial charge is 0.496 e. The van der Waals surface area contributed by atoms with Gasteiger partial charge in [-0.25, -0.2) is 9.78 Å². The van der Waals surface area contributed by atoms with E-state index in [0.717, 1.165) is 0 Å². The van der Waals surface area contributed by atoms with Crippen molar-refractivity contribution in [1.29, 1.82) is 0 Å². The minimum atomic E-state index is -0.901. The van der Waals surface area contributed by atoms with E-state index < -0.39 is 11.9 Å². The van der Waals surface area contributed by atoms with Crippen LogP contribution < -0.4 is 10.5 Å². The SMILES string of the molecule is COc1ccccc1C(O)Cn1c(=O)oc2cccnc21. The van der Waals surface area contributed by atoms with Crippen molar-refractivity contribution in [2.24, 2.45) is 0 Å². The van der Waals surface area contributed by atoms with Crippen LogP contribution in [0.25, 0.3) is 11.2 Å². The van der Waals surface area contributed by atoms with Gasteiger partial charge in [-0.3, -0.25) is 4.57 Å². The Hall–Kier alpha value is -2.60.